The summed E-state index contributed by atoms with van der Waals surface area (Å²) in [5.41, 5.74) is 6.87. The Labute approximate surface area is 115 Å². The standard InChI is InChI=1S/C15H26N2O2/c1-14(2)13-12(5-6-18-13)15(14,16)9-17-7-10-3-4-11(8-17)19-10/h10-13H,3-9,16H2,1-2H3. The van der Waals surface area contributed by atoms with Gasteiger partial charge in [0.2, 0.25) is 0 Å². The van der Waals surface area contributed by atoms with Crippen LogP contribution in [0.25, 0.3) is 0 Å². The van der Waals surface area contributed by atoms with Crippen molar-refractivity contribution in [3.8, 4) is 0 Å². The van der Waals surface area contributed by atoms with Gasteiger partial charge < -0.3 is 15.2 Å². The molecule has 4 heteroatoms. The lowest BCUT2D eigenvalue weighted by Gasteiger charge is -2.63. The molecule has 0 aromatic carbocycles. The summed E-state index contributed by atoms with van der Waals surface area (Å²) in [5.74, 6) is 0.558. The maximum absolute atomic E-state index is 6.85. The van der Waals surface area contributed by atoms with Crippen LogP contribution in [0.4, 0.5) is 0 Å². The molecule has 0 aromatic rings. The minimum absolute atomic E-state index is 0.0784. The average molecular weight is 266 g/mol. The fourth-order valence-corrected chi connectivity index (χ4v) is 4.99. The zero-order valence-electron chi connectivity index (χ0n) is 12.1. The highest BCUT2D eigenvalue weighted by atomic mass is 16.5. The maximum atomic E-state index is 6.85. The van der Waals surface area contributed by atoms with Crippen LogP contribution in [0.15, 0.2) is 0 Å². The van der Waals surface area contributed by atoms with Crippen LogP contribution in [0.1, 0.15) is 33.1 Å². The molecule has 0 aromatic heterocycles. The van der Waals surface area contributed by atoms with Crippen LogP contribution >= 0.6 is 0 Å². The fourth-order valence-electron chi connectivity index (χ4n) is 4.99. The quantitative estimate of drug-likeness (QED) is 0.810. The molecule has 0 spiro atoms. The van der Waals surface area contributed by atoms with E-state index in [1.807, 2.05) is 0 Å². The van der Waals surface area contributed by atoms with Crippen molar-refractivity contribution in [3.63, 3.8) is 0 Å². The van der Waals surface area contributed by atoms with E-state index in [4.69, 9.17) is 15.2 Å². The highest BCUT2D eigenvalue weighted by Crippen LogP contribution is 2.58. The van der Waals surface area contributed by atoms with Crippen LogP contribution in [0.2, 0.25) is 0 Å². The summed E-state index contributed by atoms with van der Waals surface area (Å²) in [5, 5.41) is 0. The lowest BCUT2D eigenvalue weighted by molar-refractivity contribution is -0.170. The number of nitrogens with zero attached hydrogens (tertiary/aromatic N) is 1. The van der Waals surface area contributed by atoms with E-state index in [9.17, 15) is 0 Å². The summed E-state index contributed by atoms with van der Waals surface area (Å²) in [4.78, 5) is 2.56. The van der Waals surface area contributed by atoms with E-state index in [0.29, 0.717) is 24.2 Å². The number of nitrogens with two attached hydrogens (primary N) is 1. The van der Waals surface area contributed by atoms with E-state index in [-0.39, 0.29) is 11.0 Å². The minimum atomic E-state index is -0.0784. The molecule has 0 radical (unpaired) electrons. The highest BCUT2D eigenvalue weighted by Gasteiger charge is 2.67. The van der Waals surface area contributed by atoms with Gasteiger partial charge in [0.1, 0.15) is 0 Å². The molecule has 2 N–H and O–H groups in total. The van der Waals surface area contributed by atoms with Crippen molar-refractivity contribution >= 4 is 0 Å². The lowest BCUT2D eigenvalue weighted by atomic mass is 9.48. The molecule has 1 aliphatic carbocycles. The molecular weight excluding hydrogens is 240 g/mol. The molecule has 2 bridgehead atoms. The van der Waals surface area contributed by atoms with Crippen LogP contribution in [-0.2, 0) is 9.47 Å². The van der Waals surface area contributed by atoms with Crippen LogP contribution in [-0.4, -0.2) is 55.0 Å². The number of rotatable bonds is 2. The largest absolute Gasteiger partial charge is 0.377 e. The molecule has 19 heavy (non-hydrogen) atoms. The topological polar surface area (TPSA) is 47.7 Å². The van der Waals surface area contributed by atoms with Gasteiger partial charge in [0.05, 0.1) is 18.3 Å². The van der Waals surface area contributed by atoms with Gasteiger partial charge in [-0.2, -0.15) is 0 Å². The molecule has 5 unspecified atom stereocenters. The Hall–Kier alpha value is -0.160. The van der Waals surface area contributed by atoms with Crippen LogP contribution in [0, 0.1) is 11.3 Å². The van der Waals surface area contributed by atoms with Gasteiger partial charge in [0, 0.05) is 43.1 Å². The summed E-state index contributed by atoms with van der Waals surface area (Å²) >= 11 is 0. The van der Waals surface area contributed by atoms with E-state index in [1.165, 1.54) is 12.8 Å². The Morgan fingerprint density at radius 2 is 1.84 bits per heavy atom. The van der Waals surface area contributed by atoms with E-state index >= 15 is 0 Å². The van der Waals surface area contributed by atoms with Crippen LogP contribution in [0.3, 0.4) is 0 Å². The van der Waals surface area contributed by atoms with E-state index in [0.717, 1.165) is 32.7 Å². The maximum Gasteiger partial charge on any atom is 0.0707 e. The second kappa shape index (κ2) is 3.94. The first-order valence-corrected chi connectivity index (χ1v) is 7.79. The summed E-state index contributed by atoms with van der Waals surface area (Å²) in [7, 11) is 0. The number of hydrogen-bond acceptors (Lipinski definition) is 4. The van der Waals surface area contributed by atoms with Gasteiger partial charge in [-0.05, 0) is 19.3 Å². The third-order valence-corrected chi connectivity index (χ3v) is 6.27. The number of likely N-dealkylation sites (tertiary alicyclic amines) is 1. The molecule has 3 saturated heterocycles. The summed E-state index contributed by atoms with van der Waals surface area (Å²) in [6, 6.07) is 0. The molecule has 4 nitrogen and oxygen atoms in total. The predicted molar refractivity (Wildman–Crippen MR) is 72.9 cm³/mol. The monoisotopic (exact) mass is 266 g/mol. The number of ether oxygens (including phenoxy) is 2. The van der Waals surface area contributed by atoms with E-state index < -0.39 is 0 Å². The van der Waals surface area contributed by atoms with Crippen molar-refractivity contribution < 1.29 is 9.47 Å². The Bertz CT molecular complexity index is 374. The molecule has 5 atom stereocenters. The van der Waals surface area contributed by atoms with Gasteiger partial charge in [0.15, 0.2) is 0 Å². The number of hydrogen-bond donors (Lipinski definition) is 1. The van der Waals surface area contributed by atoms with E-state index in [1.54, 1.807) is 0 Å². The zero-order valence-corrected chi connectivity index (χ0v) is 12.1. The third-order valence-electron chi connectivity index (χ3n) is 6.27. The Kier molecular flexibility index (Phi) is 2.61. The van der Waals surface area contributed by atoms with Crippen molar-refractivity contribution in [1.29, 1.82) is 0 Å². The van der Waals surface area contributed by atoms with Gasteiger partial charge in [-0.3, -0.25) is 4.90 Å². The Balaban J connectivity index is 1.50. The smallest absolute Gasteiger partial charge is 0.0707 e. The van der Waals surface area contributed by atoms with Crippen LogP contribution < -0.4 is 5.73 Å². The summed E-state index contributed by atoms with van der Waals surface area (Å²) in [6.07, 6.45) is 4.91. The van der Waals surface area contributed by atoms with Gasteiger partial charge in [-0.1, -0.05) is 13.8 Å². The van der Waals surface area contributed by atoms with Gasteiger partial charge in [-0.25, -0.2) is 0 Å². The second-order valence-electron chi connectivity index (χ2n) is 7.60. The molecule has 4 rings (SSSR count). The third kappa shape index (κ3) is 1.60. The predicted octanol–water partition coefficient (Wildman–Crippen LogP) is 0.992. The molecular formula is C15H26N2O2. The van der Waals surface area contributed by atoms with Crippen molar-refractivity contribution in [1.82, 2.24) is 4.90 Å². The normalized spacial score (nSPS) is 51.9. The number of morpholine rings is 1. The molecule has 1 saturated carbocycles. The van der Waals surface area contributed by atoms with Gasteiger partial charge >= 0.3 is 0 Å². The average Bonchev–Trinajstić information content (AvgIpc) is 2.95. The van der Waals surface area contributed by atoms with Crippen molar-refractivity contribution in [2.24, 2.45) is 17.1 Å². The van der Waals surface area contributed by atoms with Gasteiger partial charge in [0.25, 0.3) is 0 Å². The van der Waals surface area contributed by atoms with Crippen molar-refractivity contribution in [2.45, 2.75) is 57.0 Å². The van der Waals surface area contributed by atoms with Crippen LogP contribution in [0.5, 0.6) is 0 Å². The summed E-state index contributed by atoms with van der Waals surface area (Å²) in [6.45, 7) is 8.63. The summed E-state index contributed by atoms with van der Waals surface area (Å²) < 4.78 is 11.8. The zero-order chi connectivity index (χ0) is 13.3. The lowest BCUT2D eigenvalue weighted by Crippen LogP contribution is -2.78. The first-order valence-electron chi connectivity index (χ1n) is 7.79. The number of fused-ring (bicyclic) bond motifs is 3. The van der Waals surface area contributed by atoms with Crippen molar-refractivity contribution in [2.75, 3.05) is 26.2 Å². The molecule has 4 fully saturated rings. The Morgan fingerprint density at radius 3 is 2.53 bits per heavy atom. The molecule has 3 aliphatic heterocycles. The SMILES string of the molecule is CC1(C)C2OCCC2C1(N)CN1CC2CCC(C1)O2. The molecule has 108 valence electrons. The molecule has 3 heterocycles. The van der Waals surface area contributed by atoms with Crippen molar-refractivity contribution in [3.05, 3.63) is 0 Å². The van der Waals surface area contributed by atoms with Gasteiger partial charge in [-0.15, -0.1) is 0 Å². The first kappa shape index (κ1) is 12.6. The second-order valence-corrected chi connectivity index (χ2v) is 7.60. The minimum Gasteiger partial charge on any atom is -0.377 e. The first-order chi connectivity index (χ1) is 9.00. The van der Waals surface area contributed by atoms with E-state index in [2.05, 4.69) is 18.7 Å². The molecule has 0 amide bonds. The highest BCUT2D eigenvalue weighted by molar-refractivity contribution is 5.21. The fraction of sp³-hybridized carbons (Fsp3) is 1.00. The molecule has 4 aliphatic rings. The Morgan fingerprint density at radius 1 is 1.16 bits per heavy atom.